The van der Waals surface area contributed by atoms with Gasteiger partial charge in [0.1, 0.15) is 5.75 Å². The van der Waals surface area contributed by atoms with E-state index >= 15 is 0 Å². The number of hydrogen-bond acceptors (Lipinski definition) is 2. The minimum Gasteiger partial charge on any atom is -0.497 e. The molecule has 96 valence electrons. The first-order valence-electron chi connectivity index (χ1n) is 6.95. The summed E-state index contributed by atoms with van der Waals surface area (Å²) < 4.78 is 5.33. The van der Waals surface area contributed by atoms with Crippen LogP contribution in [0.1, 0.15) is 30.4 Å². The van der Waals surface area contributed by atoms with Gasteiger partial charge in [-0.1, -0.05) is 12.1 Å². The molecule has 1 aliphatic heterocycles. The van der Waals surface area contributed by atoms with Crippen LogP contribution < -0.4 is 4.74 Å². The fraction of sp³-hybridized carbons (Fsp3) is 0.500. The highest BCUT2D eigenvalue weighted by Crippen LogP contribution is 2.34. The Morgan fingerprint density at radius 2 is 2.06 bits per heavy atom. The van der Waals surface area contributed by atoms with Gasteiger partial charge in [0.2, 0.25) is 0 Å². The largest absolute Gasteiger partial charge is 0.497 e. The number of fused-ring (bicyclic) bond motifs is 1. The molecule has 0 radical (unpaired) electrons. The summed E-state index contributed by atoms with van der Waals surface area (Å²) in [4.78, 5) is 2.55. The summed E-state index contributed by atoms with van der Waals surface area (Å²) in [5, 5.41) is 0. The van der Waals surface area contributed by atoms with Gasteiger partial charge < -0.3 is 4.74 Å². The maximum Gasteiger partial charge on any atom is 0.119 e. The Balaban J connectivity index is 1.77. The molecule has 0 N–H and O–H groups in total. The van der Waals surface area contributed by atoms with Crippen molar-refractivity contribution in [2.24, 2.45) is 0 Å². The summed E-state index contributed by atoms with van der Waals surface area (Å²) in [5.74, 6) is 0.975. The minimum absolute atomic E-state index is 0.975. The number of aryl methyl sites for hydroxylation is 1. The van der Waals surface area contributed by atoms with Crippen LogP contribution in [0.5, 0.6) is 5.75 Å². The van der Waals surface area contributed by atoms with E-state index in [4.69, 9.17) is 4.74 Å². The van der Waals surface area contributed by atoms with Crippen molar-refractivity contribution in [1.29, 1.82) is 0 Å². The van der Waals surface area contributed by atoms with Gasteiger partial charge in [-0.05, 0) is 67.6 Å². The molecule has 1 saturated heterocycles. The maximum atomic E-state index is 5.33. The molecule has 2 nitrogen and oxygen atoms in total. The molecule has 2 aliphatic rings. The van der Waals surface area contributed by atoms with E-state index in [9.17, 15) is 0 Å². The van der Waals surface area contributed by atoms with Crippen LogP contribution in [0, 0.1) is 0 Å². The van der Waals surface area contributed by atoms with E-state index in [1.54, 1.807) is 7.11 Å². The van der Waals surface area contributed by atoms with Crippen LogP contribution in [0.4, 0.5) is 0 Å². The number of benzene rings is 1. The molecule has 1 aliphatic carbocycles. The van der Waals surface area contributed by atoms with Crippen molar-refractivity contribution in [2.75, 3.05) is 26.7 Å². The molecule has 0 bridgehead atoms. The van der Waals surface area contributed by atoms with Gasteiger partial charge in [0.15, 0.2) is 0 Å². The van der Waals surface area contributed by atoms with Gasteiger partial charge in [-0.15, -0.1) is 0 Å². The zero-order chi connectivity index (χ0) is 12.4. The van der Waals surface area contributed by atoms with Crippen LogP contribution in [0.2, 0.25) is 0 Å². The Morgan fingerprint density at radius 3 is 2.83 bits per heavy atom. The van der Waals surface area contributed by atoms with Gasteiger partial charge >= 0.3 is 0 Å². The van der Waals surface area contributed by atoms with Gasteiger partial charge in [-0.25, -0.2) is 0 Å². The SMILES string of the molecule is COc1ccc2c(c1)/C(=C/CN1CCCC1)CC2. The van der Waals surface area contributed by atoms with Crippen molar-refractivity contribution >= 4 is 5.57 Å². The van der Waals surface area contributed by atoms with Crippen molar-refractivity contribution in [3.05, 3.63) is 35.4 Å². The molecule has 0 atom stereocenters. The quantitative estimate of drug-likeness (QED) is 0.808. The molecule has 1 fully saturated rings. The van der Waals surface area contributed by atoms with E-state index in [0.29, 0.717) is 0 Å². The number of likely N-dealkylation sites (tertiary alicyclic amines) is 1. The average Bonchev–Trinajstić information content (AvgIpc) is 3.05. The van der Waals surface area contributed by atoms with Crippen molar-refractivity contribution < 1.29 is 4.74 Å². The number of hydrogen-bond donors (Lipinski definition) is 0. The molecular weight excluding hydrogens is 222 g/mol. The highest BCUT2D eigenvalue weighted by atomic mass is 16.5. The monoisotopic (exact) mass is 243 g/mol. The van der Waals surface area contributed by atoms with E-state index in [1.165, 1.54) is 55.5 Å². The molecule has 0 spiro atoms. The maximum absolute atomic E-state index is 5.33. The highest BCUT2D eigenvalue weighted by Gasteiger charge is 2.17. The first kappa shape index (κ1) is 11.8. The van der Waals surface area contributed by atoms with Crippen LogP contribution in [0.25, 0.3) is 5.57 Å². The van der Waals surface area contributed by atoms with Crippen LogP contribution in [-0.2, 0) is 6.42 Å². The average molecular weight is 243 g/mol. The molecule has 1 aromatic carbocycles. The molecule has 1 aromatic rings. The fourth-order valence-electron chi connectivity index (χ4n) is 3.02. The summed E-state index contributed by atoms with van der Waals surface area (Å²) in [7, 11) is 1.74. The molecule has 0 unspecified atom stereocenters. The second-order valence-electron chi connectivity index (χ2n) is 5.26. The van der Waals surface area contributed by atoms with E-state index in [0.717, 1.165) is 12.3 Å². The van der Waals surface area contributed by atoms with Gasteiger partial charge in [-0.3, -0.25) is 4.90 Å². The Hall–Kier alpha value is -1.28. The van der Waals surface area contributed by atoms with Crippen LogP contribution >= 0.6 is 0 Å². The molecule has 0 saturated carbocycles. The Morgan fingerprint density at radius 1 is 1.22 bits per heavy atom. The summed E-state index contributed by atoms with van der Waals surface area (Å²) >= 11 is 0. The molecule has 0 amide bonds. The van der Waals surface area contributed by atoms with Crippen LogP contribution in [0.15, 0.2) is 24.3 Å². The number of ether oxygens (including phenoxy) is 1. The predicted molar refractivity (Wildman–Crippen MR) is 75.0 cm³/mol. The number of methoxy groups -OCH3 is 1. The lowest BCUT2D eigenvalue weighted by molar-refractivity contribution is 0.377. The number of allylic oxidation sites excluding steroid dienone is 1. The van der Waals surface area contributed by atoms with Gasteiger partial charge in [0, 0.05) is 6.54 Å². The summed E-state index contributed by atoms with van der Waals surface area (Å²) in [6.45, 7) is 3.66. The third-order valence-electron chi connectivity index (χ3n) is 4.12. The normalized spacial score (nSPS) is 21.5. The number of rotatable bonds is 3. The number of nitrogens with zero attached hydrogens (tertiary/aromatic N) is 1. The lowest BCUT2D eigenvalue weighted by Crippen LogP contribution is -2.18. The second kappa shape index (κ2) is 5.15. The molecule has 3 rings (SSSR count). The van der Waals surface area contributed by atoms with E-state index in [1.807, 2.05) is 0 Å². The molecular formula is C16H21NO. The van der Waals surface area contributed by atoms with Crippen molar-refractivity contribution in [2.45, 2.75) is 25.7 Å². The zero-order valence-corrected chi connectivity index (χ0v) is 11.1. The molecule has 0 aromatic heterocycles. The molecule has 1 heterocycles. The van der Waals surface area contributed by atoms with Crippen molar-refractivity contribution in [3.63, 3.8) is 0 Å². The topological polar surface area (TPSA) is 12.5 Å². The third-order valence-corrected chi connectivity index (χ3v) is 4.12. The van der Waals surface area contributed by atoms with Crippen molar-refractivity contribution in [1.82, 2.24) is 4.90 Å². The first-order chi connectivity index (χ1) is 8.86. The fourth-order valence-corrected chi connectivity index (χ4v) is 3.02. The molecule has 18 heavy (non-hydrogen) atoms. The molecule has 2 heteroatoms. The van der Waals surface area contributed by atoms with Gasteiger partial charge in [-0.2, -0.15) is 0 Å². The summed E-state index contributed by atoms with van der Waals surface area (Å²) in [6.07, 6.45) is 7.54. The standard InChI is InChI=1S/C16H21NO/c1-18-15-7-6-13-4-5-14(16(13)12-15)8-11-17-9-2-3-10-17/h6-8,12H,2-5,9-11H2,1H3/b14-8+. The van der Waals surface area contributed by atoms with E-state index < -0.39 is 0 Å². The Bertz CT molecular complexity index is 458. The van der Waals surface area contributed by atoms with Crippen LogP contribution in [-0.4, -0.2) is 31.6 Å². The second-order valence-corrected chi connectivity index (χ2v) is 5.26. The highest BCUT2D eigenvalue weighted by molar-refractivity contribution is 5.73. The van der Waals surface area contributed by atoms with E-state index in [2.05, 4.69) is 29.2 Å². The van der Waals surface area contributed by atoms with Crippen LogP contribution in [0.3, 0.4) is 0 Å². The lowest BCUT2D eigenvalue weighted by Gasteiger charge is -2.12. The first-order valence-corrected chi connectivity index (χ1v) is 6.95. The lowest BCUT2D eigenvalue weighted by atomic mass is 10.1. The summed E-state index contributed by atoms with van der Waals surface area (Å²) in [6, 6.07) is 6.48. The van der Waals surface area contributed by atoms with E-state index in [-0.39, 0.29) is 0 Å². The Kier molecular flexibility index (Phi) is 3.37. The summed E-state index contributed by atoms with van der Waals surface area (Å²) in [5.41, 5.74) is 4.40. The Labute approximate surface area is 109 Å². The predicted octanol–water partition coefficient (Wildman–Crippen LogP) is 3.12. The van der Waals surface area contributed by atoms with Gasteiger partial charge in [0.25, 0.3) is 0 Å². The van der Waals surface area contributed by atoms with Crippen molar-refractivity contribution in [3.8, 4) is 5.75 Å². The zero-order valence-electron chi connectivity index (χ0n) is 11.1. The third kappa shape index (κ3) is 2.30. The smallest absolute Gasteiger partial charge is 0.119 e. The van der Waals surface area contributed by atoms with Gasteiger partial charge in [0.05, 0.1) is 7.11 Å². The minimum atomic E-state index is 0.975.